The van der Waals surface area contributed by atoms with Crippen molar-refractivity contribution in [1.29, 1.82) is 0 Å². The number of hydrogen-bond acceptors (Lipinski definition) is 3. The fraction of sp³-hybridized carbons (Fsp3) is 0.385. The van der Waals surface area contributed by atoms with Gasteiger partial charge in [0.05, 0.1) is 12.6 Å². The van der Waals surface area contributed by atoms with E-state index in [9.17, 15) is 9.59 Å². The molecule has 5 nitrogen and oxygen atoms in total. The number of halogens is 1. The van der Waals surface area contributed by atoms with Crippen molar-refractivity contribution in [2.45, 2.75) is 19.5 Å². The smallest absolute Gasteiger partial charge is 0.240 e. The van der Waals surface area contributed by atoms with E-state index in [2.05, 4.69) is 21.2 Å². The molecule has 0 aliphatic heterocycles. The molecular weight excluding hydrogens is 310 g/mol. The average molecular weight is 328 g/mol. The monoisotopic (exact) mass is 327 g/mol. The lowest BCUT2D eigenvalue weighted by Crippen LogP contribution is -2.46. The van der Waals surface area contributed by atoms with E-state index >= 15 is 0 Å². The quantitative estimate of drug-likeness (QED) is 0.814. The number of benzene rings is 1. The lowest BCUT2D eigenvalue weighted by atomic mass is 10.2. The van der Waals surface area contributed by atoms with Crippen LogP contribution in [0.2, 0.25) is 0 Å². The zero-order chi connectivity index (χ0) is 14.4. The Morgan fingerprint density at radius 1 is 1.37 bits per heavy atom. The lowest BCUT2D eigenvalue weighted by Gasteiger charge is -2.24. The average Bonchev–Trinajstić information content (AvgIpc) is 2.38. The van der Waals surface area contributed by atoms with Gasteiger partial charge in [0, 0.05) is 11.0 Å². The van der Waals surface area contributed by atoms with Crippen LogP contribution < -0.4 is 11.1 Å². The standard InChI is InChI=1S/C13H18BrN3O2/c1-9(16-2)13(19)17(8-12(15)18)7-10-3-5-11(14)6-4-10/h3-6,9,16H,7-8H2,1-2H3,(H2,15,18). The van der Waals surface area contributed by atoms with E-state index in [1.165, 1.54) is 4.90 Å². The first-order valence-electron chi connectivity index (χ1n) is 5.93. The van der Waals surface area contributed by atoms with Gasteiger partial charge in [0.15, 0.2) is 0 Å². The number of nitrogens with one attached hydrogen (secondary N) is 1. The minimum absolute atomic E-state index is 0.0824. The highest BCUT2D eigenvalue weighted by Crippen LogP contribution is 2.12. The lowest BCUT2D eigenvalue weighted by molar-refractivity contribution is -0.137. The molecule has 0 heterocycles. The molecule has 0 saturated heterocycles. The molecule has 0 aliphatic rings. The molecule has 0 radical (unpaired) electrons. The van der Waals surface area contributed by atoms with Gasteiger partial charge in [0.2, 0.25) is 11.8 Å². The molecule has 1 rings (SSSR count). The highest BCUT2D eigenvalue weighted by atomic mass is 79.9. The van der Waals surface area contributed by atoms with Gasteiger partial charge in [-0.25, -0.2) is 0 Å². The summed E-state index contributed by atoms with van der Waals surface area (Å²) in [6.45, 7) is 2.03. The first-order chi connectivity index (χ1) is 8.93. The van der Waals surface area contributed by atoms with Crippen molar-refractivity contribution in [2.75, 3.05) is 13.6 Å². The number of primary amides is 1. The van der Waals surface area contributed by atoms with Crippen LogP contribution in [0.3, 0.4) is 0 Å². The first-order valence-corrected chi connectivity index (χ1v) is 6.72. The largest absolute Gasteiger partial charge is 0.368 e. The number of rotatable bonds is 6. The summed E-state index contributed by atoms with van der Waals surface area (Å²) in [6, 6.07) is 7.23. The van der Waals surface area contributed by atoms with Crippen LogP contribution >= 0.6 is 15.9 Å². The Kier molecular flexibility index (Phi) is 5.98. The van der Waals surface area contributed by atoms with Crippen LogP contribution in [-0.2, 0) is 16.1 Å². The minimum atomic E-state index is -0.520. The highest BCUT2D eigenvalue weighted by Gasteiger charge is 2.20. The maximum Gasteiger partial charge on any atom is 0.240 e. The Hall–Kier alpha value is -1.40. The zero-order valence-corrected chi connectivity index (χ0v) is 12.6. The van der Waals surface area contributed by atoms with Crippen molar-refractivity contribution in [3.63, 3.8) is 0 Å². The van der Waals surface area contributed by atoms with E-state index in [0.29, 0.717) is 6.54 Å². The third-order valence-electron chi connectivity index (χ3n) is 2.75. The van der Waals surface area contributed by atoms with Crippen molar-refractivity contribution >= 4 is 27.7 Å². The fourth-order valence-corrected chi connectivity index (χ4v) is 1.87. The first kappa shape index (κ1) is 15.7. The molecular formula is C13H18BrN3O2. The van der Waals surface area contributed by atoms with Gasteiger partial charge in [0.1, 0.15) is 0 Å². The molecule has 104 valence electrons. The number of amides is 2. The third-order valence-corrected chi connectivity index (χ3v) is 3.28. The van der Waals surface area contributed by atoms with Gasteiger partial charge >= 0.3 is 0 Å². The Bertz CT molecular complexity index is 448. The van der Waals surface area contributed by atoms with Gasteiger partial charge in [-0.05, 0) is 31.7 Å². The van der Waals surface area contributed by atoms with Crippen LogP contribution in [0.4, 0.5) is 0 Å². The summed E-state index contributed by atoms with van der Waals surface area (Å²) in [5.74, 6) is -0.669. The maximum absolute atomic E-state index is 12.1. The van der Waals surface area contributed by atoms with Crippen LogP contribution in [0, 0.1) is 0 Å². The molecule has 0 aromatic heterocycles. The molecule has 0 fully saturated rings. The molecule has 1 aromatic rings. The SMILES string of the molecule is CNC(C)C(=O)N(CC(N)=O)Cc1ccc(Br)cc1. The van der Waals surface area contributed by atoms with E-state index in [1.54, 1.807) is 14.0 Å². The Morgan fingerprint density at radius 3 is 2.42 bits per heavy atom. The van der Waals surface area contributed by atoms with Crippen molar-refractivity contribution in [3.8, 4) is 0 Å². The number of nitrogens with two attached hydrogens (primary N) is 1. The molecule has 0 aliphatic carbocycles. The molecule has 19 heavy (non-hydrogen) atoms. The van der Waals surface area contributed by atoms with Crippen LogP contribution in [-0.4, -0.2) is 36.3 Å². The molecule has 3 N–H and O–H groups in total. The maximum atomic E-state index is 12.1. The second-order valence-corrected chi connectivity index (χ2v) is 5.21. The summed E-state index contributed by atoms with van der Waals surface area (Å²) in [5, 5.41) is 2.86. The van der Waals surface area contributed by atoms with Crippen molar-refractivity contribution in [2.24, 2.45) is 5.73 Å². The van der Waals surface area contributed by atoms with E-state index in [-0.39, 0.29) is 18.5 Å². The Balaban J connectivity index is 2.82. The topological polar surface area (TPSA) is 75.4 Å². The molecule has 2 amide bonds. The van der Waals surface area contributed by atoms with Crippen molar-refractivity contribution in [1.82, 2.24) is 10.2 Å². The van der Waals surface area contributed by atoms with Gasteiger partial charge in [0.25, 0.3) is 0 Å². The van der Waals surface area contributed by atoms with E-state index in [1.807, 2.05) is 24.3 Å². The molecule has 6 heteroatoms. The zero-order valence-electron chi connectivity index (χ0n) is 11.0. The number of carbonyl (C=O) groups is 2. The van der Waals surface area contributed by atoms with Crippen LogP contribution in [0.1, 0.15) is 12.5 Å². The summed E-state index contributed by atoms with van der Waals surface area (Å²) in [7, 11) is 1.70. The normalized spacial score (nSPS) is 11.9. The van der Waals surface area contributed by atoms with Gasteiger partial charge in [-0.3, -0.25) is 9.59 Å². The molecule has 1 atom stereocenters. The van der Waals surface area contributed by atoms with Gasteiger partial charge in [-0.1, -0.05) is 28.1 Å². The molecule has 0 spiro atoms. The third kappa shape index (κ3) is 5.00. The minimum Gasteiger partial charge on any atom is -0.368 e. The van der Waals surface area contributed by atoms with Crippen molar-refractivity contribution < 1.29 is 9.59 Å². The molecule has 1 aromatic carbocycles. The van der Waals surface area contributed by atoms with Crippen LogP contribution in [0.25, 0.3) is 0 Å². The Labute approximate surface area is 121 Å². The van der Waals surface area contributed by atoms with E-state index in [0.717, 1.165) is 10.0 Å². The summed E-state index contributed by atoms with van der Waals surface area (Å²) in [6.07, 6.45) is 0. The van der Waals surface area contributed by atoms with E-state index < -0.39 is 5.91 Å². The number of nitrogens with zero attached hydrogens (tertiary/aromatic N) is 1. The number of likely N-dealkylation sites (N-methyl/N-ethyl adjacent to an activating group) is 1. The highest BCUT2D eigenvalue weighted by molar-refractivity contribution is 9.10. The van der Waals surface area contributed by atoms with Crippen LogP contribution in [0.15, 0.2) is 28.7 Å². The molecule has 1 unspecified atom stereocenters. The fourth-order valence-electron chi connectivity index (χ4n) is 1.61. The summed E-state index contributed by atoms with van der Waals surface area (Å²) in [5.41, 5.74) is 6.14. The number of carbonyl (C=O) groups excluding carboxylic acids is 2. The summed E-state index contributed by atoms with van der Waals surface area (Å²) in [4.78, 5) is 24.6. The molecule has 0 saturated carbocycles. The van der Waals surface area contributed by atoms with Gasteiger partial charge in [-0.15, -0.1) is 0 Å². The Morgan fingerprint density at radius 2 is 1.95 bits per heavy atom. The van der Waals surface area contributed by atoms with E-state index in [4.69, 9.17) is 5.73 Å². The van der Waals surface area contributed by atoms with Gasteiger partial charge < -0.3 is 16.0 Å². The predicted molar refractivity (Wildman–Crippen MR) is 77.3 cm³/mol. The van der Waals surface area contributed by atoms with Crippen molar-refractivity contribution in [3.05, 3.63) is 34.3 Å². The second kappa shape index (κ2) is 7.25. The summed E-state index contributed by atoms with van der Waals surface area (Å²) < 4.78 is 0.965. The van der Waals surface area contributed by atoms with Gasteiger partial charge in [-0.2, -0.15) is 0 Å². The predicted octanol–water partition coefficient (Wildman–Crippen LogP) is 0.871. The summed E-state index contributed by atoms with van der Waals surface area (Å²) >= 11 is 3.35. The second-order valence-electron chi connectivity index (χ2n) is 4.30. The molecule has 0 bridgehead atoms. The number of hydrogen-bond donors (Lipinski definition) is 2. The van der Waals surface area contributed by atoms with Crippen LogP contribution in [0.5, 0.6) is 0 Å².